The van der Waals surface area contributed by atoms with Crippen LogP contribution in [-0.2, 0) is 5.54 Å². The predicted molar refractivity (Wildman–Crippen MR) is 74.1 cm³/mol. The molecule has 1 heterocycles. The molecule has 0 radical (unpaired) electrons. The summed E-state index contributed by atoms with van der Waals surface area (Å²) in [4.78, 5) is 16.1. The molecule has 1 fully saturated rings. The Morgan fingerprint density at radius 1 is 1.30 bits per heavy atom. The summed E-state index contributed by atoms with van der Waals surface area (Å²) in [5, 5.41) is 4.02. The number of Topliss-reactive ketones (excluding diaryl/α,β-unsaturated/α-hetero) is 1. The minimum absolute atomic E-state index is 0.0244. The van der Waals surface area contributed by atoms with Gasteiger partial charge in [0.05, 0.1) is 11.1 Å². The van der Waals surface area contributed by atoms with E-state index in [1.807, 2.05) is 18.2 Å². The van der Waals surface area contributed by atoms with E-state index < -0.39 is 5.54 Å². The van der Waals surface area contributed by atoms with Gasteiger partial charge in [0.15, 0.2) is 11.6 Å². The Morgan fingerprint density at radius 3 is 2.70 bits per heavy atom. The lowest BCUT2D eigenvalue weighted by atomic mass is 9.98. The maximum Gasteiger partial charge on any atom is 0.258 e. The predicted octanol–water partition coefficient (Wildman–Crippen LogP) is 2.67. The number of ketones is 1. The Labute approximate surface area is 117 Å². The first kappa shape index (κ1) is 13.0. The van der Waals surface area contributed by atoms with Crippen LogP contribution in [-0.4, -0.2) is 15.9 Å². The van der Waals surface area contributed by atoms with Crippen molar-refractivity contribution in [2.45, 2.75) is 38.1 Å². The van der Waals surface area contributed by atoms with Gasteiger partial charge in [-0.2, -0.15) is 4.98 Å². The minimum Gasteiger partial charge on any atom is -0.334 e. The SMILES string of the molecule is CC(=O)c1ccccc1-c1nc(C2(N)CCCC2)no1. The van der Waals surface area contributed by atoms with Gasteiger partial charge in [0.25, 0.3) is 5.89 Å². The van der Waals surface area contributed by atoms with Crippen LogP contribution in [0, 0.1) is 0 Å². The molecule has 2 aromatic rings. The van der Waals surface area contributed by atoms with Gasteiger partial charge in [-0.25, -0.2) is 0 Å². The van der Waals surface area contributed by atoms with Crippen molar-refractivity contribution in [2.24, 2.45) is 5.73 Å². The Balaban J connectivity index is 2.00. The van der Waals surface area contributed by atoms with Gasteiger partial charge in [-0.15, -0.1) is 0 Å². The third kappa shape index (κ3) is 2.14. The van der Waals surface area contributed by atoms with E-state index in [9.17, 15) is 4.79 Å². The van der Waals surface area contributed by atoms with Crippen molar-refractivity contribution in [2.75, 3.05) is 0 Å². The van der Waals surface area contributed by atoms with Crippen LogP contribution >= 0.6 is 0 Å². The number of carbonyl (C=O) groups is 1. The highest BCUT2D eigenvalue weighted by Crippen LogP contribution is 2.35. The van der Waals surface area contributed by atoms with Crippen molar-refractivity contribution in [3.63, 3.8) is 0 Å². The van der Waals surface area contributed by atoms with E-state index in [0.717, 1.165) is 25.7 Å². The quantitative estimate of drug-likeness (QED) is 0.868. The fourth-order valence-corrected chi connectivity index (χ4v) is 2.74. The molecular formula is C15H17N3O2. The van der Waals surface area contributed by atoms with Gasteiger partial charge in [0.1, 0.15) is 0 Å². The number of carbonyl (C=O) groups excluding carboxylic acids is 1. The summed E-state index contributed by atoms with van der Waals surface area (Å²) in [7, 11) is 0. The Kier molecular flexibility index (Phi) is 3.14. The Morgan fingerprint density at radius 2 is 2.00 bits per heavy atom. The van der Waals surface area contributed by atoms with Crippen molar-refractivity contribution in [1.82, 2.24) is 10.1 Å². The van der Waals surface area contributed by atoms with Crippen LogP contribution in [0.15, 0.2) is 28.8 Å². The van der Waals surface area contributed by atoms with Gasteiger partial charge < -0.3 is 10.3 Å². The summed E-state index contributed by atoms with van der Waals surface area (Å²) in [5.74, 6) is 0.884. The summed E-state index contributed by atoms with van der Waals surface area (Å²) in [6.07, 6.45) is 3.93. The third-order valence-corrected chi connectivity index (χ3v) is 3.90. The van der Waals surface area contributed by atoms with Crippen molar-refractivity contribution in [3.8, 4) is 11.5 Å². The van der Waals surface area contributed by atoms with E-state index in [4.69, 9.17) is 10.3 Å². The van der Waals surface area contributed by atoms with Crippen molar-refractivity contribution in [1.29, 1.82) is 0 Å². The van der Waals surface area contributed by atoms with E-state index in [-0.39, 0.29) is 5.78 Å². The summed E-state index contributed by atoms with van der Waals surface area (Å²) >= 11 is 0. The summed E-state index contributed by atoms with van der Waals surface area (Å²) < 4.78 is 5.33. The number of benzene rings is 1. The fraction of sp³-hybridized carbons (Fsp3) is 0.400. The lowest BCUT2D eigenvalue weighted by Gasteiger charge is -2.17. The first-order chi connectivity index (χ1) is 9.60. The first-order valence-corrected chi connectivity index (χ1v) is 6.83. The topological polar surface area (TPSA) is 82.0 Å². The molecule has 0 atom stereocenters. The molecule has 1 aromatic heterocycles. The molecule has 5 nitrogen and oxygen atoms in total. The lowest BCUT2D eigenvalue weighted by molar-refractivity contribution is 0.101. The molecule has 2 N–H and O–H groups in total. The molecule has 1 aliphatic carbocycles. The van der Waals surface area contributed by atoms with E-state index in [0.29, 0.717) is 22.8 Å². The molecule has 1 aliphatic rings. The number of rotatable bonds is 3. The Hall–Kier alpha value is -2.01. The number of aromatic nitrogens is 2. The summed E-state index contributed by atoms with van der Waals surface area (Å²) in [6.45, 7) is 1.53. The molecule has 1 aromatic carbocycles. The van der Waals surface area contributed by atoms with E-state index in [1.165, 1.54) is 6.92 Å². The van der Waals surface area contributed by atoms with E-state index in [1.54, 1.807) is 6.07 Å². The average Bonchev–Trinajstić information content (AvgIpc) is 3.08. The zero-order chi connectivity index (χ0) is 14.2. The van der Waals surface area contributed by atoms with Crippen molar-refractivity contribution < 1.29 is 9.32 Å². The van der Waals surface area contributed by atoms with Gasteiger partial charge >= 0.3 is 0 Å². The molecule has 0 bridgehead atoms. The number of hydrogen-bond donors (Lipinski definition) is 1. The molecule has 5 heteroatoms. The van der Waals surface area contributed by atoms with Gasteiger partial charge in [-0.1, -0.05) is 36.2 Å². The maximum atomic E-state index is 11.7. The monoisotopic (exact) mass is 271 g/mol. The van der Waals surface area contributed by atoms with Crippen LogP contribution in [0.3, 0.4) is 0 Å². The molecule has 3 rings (SSSR count). The maximum absolute atomic E-state index is 11.7. The molecule has 104 valence electrons. The fourth-order valence-electron chi connectivity index (χ4n) is 2.74. The molecule has 1 saturated carbocycles. The molecular weight excluding hydrogens is 254 g/mol. The summed E-state index contributed by atoms with van der Waals surface area (Å²) in [6, 6.07) is 7.24. The Bertz CT molecular complexity index is 642. The third-order valence-electron chi connectivity index (χ3n) is 3.90. The second-order valence-electron chi connectivity index (χ2n) is 5.39. The molecule has 0 amide bonds. The van der Waals surface area contributed by atoms with Gasteiger partial charge in [-0.05, 0) is 25.8 Å². The standard InChI is InChI=1S/C15H17N3O2/c1-10(19)11-6-2-3-7-12(11)13-17-14(18-20-13)15(16)8-4-5-9-15/h2-3,6-7H,4-5,8-9,16H2,1H3. The highest BCUT2D eigenvalue weighted by molar-refractivity contribution is 5.99. The second kappa shape index (κ2) is 4.83. The van der Waals surface area contributed by atoms with Crippen LogP contribution in [0.25, 0.3) is 11.5 Å². The number of nitrogens with two attached hydrogens (primary N) is 1. The average molecular weight is 271 g/mol. The number of hydrogen-bond acceptors (Lipinski definition) is 5. The van der Waals surface area contributed by atoms with Gasteiger partial charge in [-0.3, -0.25) is 4.79 Å². The molecule has 0 spiro atoms. The zero-order valence-corrected chi connectivity index (χ0v) is 11.4. The molecule has 0 unspecified atom stereocenters. The highest BCUT2D eigenvalue weighted by Gasteiger charge is 2.36. The van der Waals surface area contributed by atoms with Crippen LogP contribution < -0.4 is 5.73 Å². The second-order valence-corrected chi connectivity index (χ2v) is 5.39. The molecule has 20 heavy (non-hydrogen) atoms. The van der Waals surface area contributed by atoms with Gasteiger partial charge in [0, 0.05) is 5.56 Å². The van der Waals surface area contributed by atoms with Crippen LogP contribution in [0.5, 0.6) is 0 Å². The molecule has 0 aliphatic heterocycles. The van der Waals surface area contributed by atoms with Gasteiger partial charge in [0.2, 0.25) is 0 Å². The van der Waals surface area contributed by atoms with Crippen molar-refractivity contribution >= 4 is 5.78 Å². The summed E-state index contributed by atoms with van der Waals surface area (Å²) in [5.41, 5.74) is 7.09. The van der Waals surface area contributed by atoms with Crippen molar-refractivity contribution in [3.05, 3.63) is 35.7 Å². The van der Waals surface area contributed by atoms with Crippen LogP contribution in [0.1, 0.15) is 48.8 Å². The largest absolute Gasteiger partial charge is 0.334 e. The van der Waals surface area contributed by atoms with Crippen LogP contribution in [0.2, 0.25) is 0 Å². The van der Waals surface area contributed by atoms with Crippen LogP contribution in [0.4, 0.5) is 0 Å². The van der Waals surface area contributed by atoms with E-state index >= 15 is 0 Å². The smallest absolute Gasteiger partial charge is 0.258 e. The van der Waals surface area contributed by atoms with E-state index in [2.05, 4.69) is 10.1 Å². The molecule has 0 saturated heterocycles. The number of nitrogens with zero attached hydrogens (tertiary/aromatic N) is 2. The first-order valence-electron chi connectivity index (χ1n) is 6.83. The normalized spacial score (nSPS) is 17.3. The highest BCUT2D eigenvalue weighted by atomic mass is 16.5. The minimum atomic E-state index is -0.479. The lowest BCUT2D eigenvalue weighted by Crippen LogP contribution is -2.34. The zero-order valence-electron chi connectivity index (χ0n) is 11.4.